The van der Waals surface area contributed by atoms with Crippen LogP contribution in [-0.4, -0.2) is 20.2 Å². The zero-order valence-corrected chi connectivity index (χ0v) is 14.0. The standard InChI is InChI=1S/C20H20O4/c1-13-10-14(4-9-18(13)23-3)11-16-12-19(21)24-20(16)15-5-7-17(22-2)8-6-15/h4-10,12,20H,11H2,1-3H3. The predicted octanol–water partition coefficient (Wildman–Crippen LogP) is 3.78. The van der Waals surface area contributed by atoms with E-state index in [2.05, 4.69) is 6.07 Å². The highest BCUT2D eigenvalue weighted by molar-refractivity contribution is 5.86. The molecule has 0 saturated carbocycles. The molecule has 0 N–H and O–H groups in total. The first kappa shape index (κ1) is 16.1. The molecule has 0 spiro atoms. The number of cyclic esters (lactones) is 1. The van der Waals surface area contributed by atoms with Crippen LogP contribution >= 0.6 is 0 Å². The quantitative estimate of drug-likeness (QED) is 0.785. The van der Waals surface area contributed by atoms with E-state index in [1.807, 2.05) is 43.3 Å². The molecule has 1 aliphatic heterocycles. The van der Waals surface area contributed by atoms with Gasteiger partial charge in [0.05, 0.1) is 14.2 Å². The summed E-state index contributed by atoms with van der Waals surface area (Å²) in [6.45, 7) is 2.01. The fourth-order valence-corrected chi connectivity index (χ4v) is 2.94. The third kappa shape index (κ3) is 3.27. The third-order valence-corrected chi connectivity index (χ3v) is 4.16. The van der Waals surface area contributed by atoms with Gasteiger partial charge in [-0.2, -0.15) is 0 Å². The molecule has 1 atom stereocenters. The van der Waals surface area contributed by atoms with Crippen molar-refractivity contribution >= 4 is 5.97 Å². The number of benzene rings is 2. The lowest BCUT2D eigenvalue weighted by molar-refractivity contribution is -0.139. The predicted molar refractivity (Wildman–Crippen MR) is 91.3 cm³/mol. The Hall–Kier alpha value is -2.75. The maximum Gasteiger partial charge on any atom is 0.331 e. The van der Waals surface area contributed by atoms with Crippen LogP contribution in [0.25, 0.3) is 0 Å². The number of hydrogen-bond acceptors (Lipinski definition) is 4. The Kier molecular flexibility index (Phi) is 4.56. The molecular formula is C20H20O4. The number of rotatable bonds is 5. The number of methoxy groups -OCH3 is 2. The highest BCUT2D eigenvalue weighted by Gasteiger charge is 2.27. The Labute approximate surface area is 141 Å². The van der Waals surface area contributed by atoms with Crippen molar-refractivity contribution in [3.8, 4) is 11.5 Å². The first-order valence-electron chi connectivity index (χ1n) is 7.79. The fourth-order valence-electron chi connectivity index (χ4n) is 2.94. The molecule has 0 aromatic heterocycles. The lowest BCUT2D eigenvalue weighted by Gasteiger charge is -2.16. The molecule has 24 heavy (non-hydrogen) atoms. The average Bonchev–Trinajstić information content (AvgIpc) is 2.95. The van der Waals surface area contributed by atoms with E-state index in [9.17, 15) is 4.79 Å². The molecule has 1 aliphatic rings. The Balaban J connectivity index is 1.83. The monoisotopic (exact) mass is 324 g/mol. The van der Waals surface area contributed by atoms with Crippen molar-refractivity contribution in [1.29, 1.82) is 0 Å². The Morgan fingerprint density at radius 2 is 1.79 bits per heavy atom. The minimum absolute atomic E-state index is 0.295. The van der Waals surface area contributed by atoms with Crippen LogP contribution in [0, 0.1) is 6.92 Å². The number of ether oxygens (including phenoxy) is 3. The maximum atomic E-state index is 11.8. The zero-order chi connectivity index (χ0) is 17.1. The molecule has 0 bridgehead atoms. The normalized spacial score (nSPS) is 16.5. The molecule has 3 rings (SSSR count). The van der Waals surface area contributed by atoms with Crippen molar-refractivity contribution in [2.45, 2.75) is 19.4 Å². The van der Waals surface area contributed by atoms with Gasteiger partial charge in [-0.1, -0.05) is 24.3 Å². The lowest BCUT2D eigenvalue weighted by atomic mass is 9.95. The molecule has 2 aromatic rings. The molecule has 1 heterocycles. The van der Waals surface area contributed by atoms with E-state index >= 15 is 0 Å². The summed E-state index contributed by atoms with van der Waals surface area (Å²) >= 11 is 0. The van der Waals surface area contributed by atoms with Crippen LogP contribution < -0.4 is 9.47 Å². The van der Waals surface area contributed by atoms with Gasteiger partial charge in [0.2, 0.25) is 0 Å². The number of carbonyl (C=O) groups is 1. The Bertz CT molecular complexity index is 775. The summed E-state index contributed by atoms with van der Waals surface area (Å²) in [4.78, 5) is 11.8. The molecule has 4 nitrogen and oxygen atoms in total. The van der Waals surface area contributed by atoms with E-state index in [1.54, 1.807) is 20.3 Å². The molecule has 0 amide bonds. The highest BCUT2D eigenvalue weighted by atomic mass is 16.5. The zero-order valence-electron chi connectivity index (χ0n) is 14.0. The first-order chi connectivity index (χ1) is 11.6. The molecule has 4 heteroatoms. The largest absolute Gasteiger partial charge is 0.497 e. The van der Waals surface area contributed by atoms with E-state index in [0.717, 1.165) is 33.8 Å². The summed E-state index contributed by atoms with van der Waals surface area (Å²) in [5.74, 6) is 1.34. The van der Waals surface area contributed by atoms with Gasteiger partial charge in [-0.3, -0.25) is 0 Å². The Morgan fingerprint density at radius 3 is 2.42 bits per heavy atom. The van der Waals surface area contributed by atoms with Gasteiger partial charge in [0, 0.05) is 6.08 Å². The van der Waals surface area contributed by atoms with Gasteiger partial charge >= 0.3 is 5.97 Å². The van der Waals surface area contributed by atoms with Gasteiger partial charge < -0.3 is 14.2 Å². The molecule has 0 radical (unpaired) electrons. The lowest BCUT2D eigenvalue weighted by Crippen LogP contribution is -2.05. The summed E-state index contributed by atoms with van der Waals surface area (Å²) in [6, 6.07) is 13.6. The van der Waals surface area contributed by atoms with Crippen LogP contribution in [0.5, 0.6) is 11.5 Å². The number of hydrogen-bond donors (Lipinski definition) is 0. The second-order valence-electron chi connectivity index (χ2n) is 5.79. The van der Waals surface area contributed by atoms with Crippen molar-refractivity contribution < 1.29 is 19.0 Å². The van der Waals surface area contributed by atoms with E-state index in [1.165, 1.54) is 0 Å². The summed E-state index contributed by atoms with van der Waals surface area (Å²) in [7, 11) is 3.29. The fraction of sp³-hybridized carbons (Fsp3) is 0.250. The number of esters is 1. The van der Waals surface area contributed by atoms with Gasteiger partial charge in [-0.25, -0.2) is 4.79 Å². The van der Waals surface area contributed by atoms with Gasteiger partial charge in [0.1, 0.15) is 17.6 Å². The van der Waals surface area contributed by atoms with Crippen molar-refractivity contribution in [3.05, 3.63) is 70.8 Å². The van der Waals surface area contributed by atoms with Crippen LogP contribution in [0.15, 0.2) is 54.1 Å². The maximum absolute atomic E-state index is 11.8. The molecule has 1 unspecified atom stereocenters. The first-order valence-corrected chi connectivity index (χ1v) is 7.79. The summed E-state index contributed by atoms with van der Waals surface area (Å²) in [5, 5.41) is 0. The van der Waals surface area contributed by atoms with Crippen molar-refractivity contribution in [1.82, 2.24) is 0 Å². The minimum Gasteiger partial charge on any atom is -0.497 e. The minimum atomic E-state index is -0.342. The van der Waals surface area contributed by atoms with Gasteiger partial charge in [-0.05, 0) is 53.8 Å². The molecule has 0 saturated heterocycles. The van der Waals surface area contributed by atoms with Crippen molar-refractivity contribution in [3.63, 3.8) is 0 Å². The van der Waals surface area contributed by atoms with Gasteiger partial charge in [-0.15, -0.1) is 0 Å². The van der Waals surface area contributed by atoms with E-state index < -0.39 is 0 Å². The topological polar surface area (TPSA) is 44.8 Å². The van der Waals surface area contributed by atoms with Crippen LogP contribution in [-0.2, 0) is 16.0 Å². The molecule has 124 valence electrons. The number of carbonyl (C=O) groups excluding carboxylic acids is 1. The molecule has 0 aliphatic carbocycles. The summed E-state index contributed by atoms with van der Waals surface area (Å²) < 4.78 is 16.0. The van der Waals surface area contributed by atoms with E-state index in [-0.39, 0.29) is 12.1 Å². The highest BCUT2D eigenvalue weighted by Crippen LogP contribution is 2.34. The molecule has 2 aromatic carbocycles. The molecular weight excluding hydrogens is 304 g/mol. The van der Waals surface area contributed by atoms with Crippen molar-refractivity contribution in [2.24, 2.45) is 0 Å². The van der Waals surface area contributed by atoms with Crippen LogP contribution in [0.2, 0.25) is 0 Å². The summed E-state index contributed by atoms with van der Waals surface area (Å²) in [6.07, 6.45) is 1.91. The number of aryl methyl sites for hydroxylation is 1. The SMILES string of the molecule is COc1ccc(C2OC(=O)C=C2Cc2ccc(OC)c(C)c2)cc1. The van der Waals surface area contributed by atoms with Crippen molar-refractivity contribution in [2.75, 3.05) is 14.2 Å². The molecule has 0 fully saturated rings. The Morgan fingerprint density at radius 1 is 1.04 bits per heavy atom. The van der Waals surface area contributed by atoms with Gasteiger partial charge in [0.25, 0.3) is 0 Å². The van der Waals surface area contributed by atoms with Crippen LogP contribution in [0.3, 0.4) is 0 Å². The smallest absolute Gasteiger partial charge is 0.331 e. The van der Waals surface area contributed by atoms with Crippen LogP contribution in [0.1, 0.15) is 22.8 Å². The second kappa shape index (κ2) is 6.79. The van der Waals surface area contributed by atoms with E-state index in [0.29, 0.717) is 6.42 Å². The van der Waals surface area contributed by atoms with E-state index in [4.69, 9.17) is 14.2 Å². The average molecular weight is 324 g/mol. The van der Waals surface area contributed by atoms with Crippen LogP contribution in [0.4, 0.5) is 0 Å². The third-order valence-electron chi connectivity index (χ3n) is 4.16. The summed E-state index contributed by atoms with van der Waals surface area (Å²) in [5.41, 5.74) is 4.09. The van der Waals surface area contributed by atoms with Gasteiger partial charge in [0.15, 0.2) is 0 Å². The second-order valence-corrected chi connectivity index (χ2v) is 5.79.